The van der Waals surface area contributed by atoms with Gasteiger partial charge in [0.15, 0.2) is 10.5 Å². The third kappa shape index (κ3) is 6.98. The van der Waals surface area contributed by atoms with E-state index in [-0.39, 0.29) is 28.1 Å². The second kappa shape index (κ2) is 13.7. The molecule has 1 aliphatic heterocycles. The topological polar surface area (TPSA) is 93.7 Å². The van der Waals surface area contributed by atoms with Crippen molar-refractivity contribution in [3.8, 4) is 11.8 Å². The molecule has 0 amide bonds. The van der Waals surface area contributed by atoms with Crippen LogP contribution >= 0.6 is 68.1 Å². The van der Waals surface area contributed by atoms with Gasteiger partial charge in [-0.25, -0.2) is 9.79 Å². The minimum atomic E-state index is -5.02. The minimum Gasteiger partial charge on any atom is -0.487 e. The van der Waals surface area contributed by atoms with Gasteiger partial charge < -0.3 is 9.47 Å². The van der Waals surface area contributed by atoms with Gasteiger partial charge in [-0.1, -0.05) is 53.3 Å². The predicted octanol–water partition coefficient (Wildman–Crippen LogP) is 6.65. The van der Waals surface area contributed by atoms with Gasteiger partial charge in [0, 0.05) is 19.7 Å². The molecule has 230 valence electrons. The van der Waals surface area contributed by atoms with E-state index in [1.54, 1.807) is 30.3 Å². The van der Waals surface area contributed by atoms with Crippen molar-refractivity contribution in [3.05, 3.63) is 126 Å². The van der Waals surface area contributed by atoms with Crippen molar-refractivity contribution in [1.29, 1.82) is 5.26 Å². The van der Waals surface area contributed by atoms with Crippen LogP contribution in [0.2, 0.25) is 5.02 Å². The van der Waals surface area contributed by atoms with E-state index in [1.807, 2.05) is 6.07 Å². The number of nitriles is 1. The predicted molar refractivity (Wildman–Crippen MR) is 180 cm³/mol. The fraction of sp³-hybridized carbons (Fsp3) is 0.161. The van der Waals surface area contributed by atoms with E-state index in [0.29, 0.717) is 27.5 Å². The van der Waals surface area contributed by atoms with Crippen LogP contribution in [0.4, 0.5) is 13.2 Å². The number of alkyl halides is 3. The SMILES string of the molecule is CCOC(=O)C1=C(C(F)(F)F)N=c2s/c(=C\c3cc(I)cc(I)c3OCc3ccccc3C#N)c(=O)n2[C@H]1c1ccc(Cl)cc1. The van der Waals surface area contributed by atoms with Crippen LogP contribution < -0.4 is 19.6 Å². The van der Waals surface area contributed by atoms with Gasteiger partial charge in [0.2, 0.25) is 0 Å². The van der Waals surface area contributed by atoms with E-state index in [1.165, 1.54) is 37.3 Å². The van der Waals surface area contributed by atoms with Crippen LogP contribution in [0, 0.1) is 18.5 Å². The summed E-state index contributed by atoms with van der Waals surface area (Å²) in [4.78, 5) is 30.6. The van der Waals surface area contributed by atoms with Crippen LogP contribution in [0.3, 0.4) is 0 Å². The van der Waals surface area contributed by atoms with Gasteiger partial charge in [-0.15, -0.1) is 0 Å². The van der Waals surface area contributed by atoms with Crippen molar-refractivity contribution in [2.45, 2.75) is 25.7 Å². The molecule has 14 heteroatoms. The molecule has 0 bridgehead atoms. The summed E-state index contributed by atoms with van der Waals surface area (Å²) in [6, 6.07) is 17.1. The number of ether oxygens (including phenoxy) is 2. The fourth-order valence-corrected chi connectivity index (χ4v) is 7.85. The Labute approximate surface area is 290 Å². The summed E-state index contributed by atoms with van der Waals surface area (Å²) >= 11 is 11.0. The third-order valence-electron chi connectivity index (χ3n) is 6.61. The molecule has 0 saturated carbocycles. The number of rotatable bonds is 7. The van der Waals surface area contributed by atoms with Crippen molar-refractivity contribution >= 4 is 80.2 Å². The van der Waals surface area contributed by atoms with Crippen LogP contribution in [0.1, 0.15) is 35.2 Å². The molecule has 3 aromatic carbocycles. The molecule has 0 N–H and O–H groups in total. The number of benzene rings is 3. The second-order valence-corrected chi connectivity index (χ2v) is 13.3. The number of hydrogen-bond acceptors (Lipinski definition) is 7. The number of nitrogens with zero attached hydrogens (tertiary/aromatic N) is 3. The average molecular weight is 876 g/mol. The van der Waals surface area contributed by atoms with Gasteiger partial charge in [-0.05, 0) is 94.1 Å². The molecule has 7 nitrogen and oxygen atoms in total. The highest BCUT2D eigenvalue weighted by molar-refractivity contribution is 14.1. The summed E-state index contributed by atoms with van der Waals surface area (Å²) in [5.41, 5.74) is -1.06. The van der Waals surface area contributed by atoms with E-state index in [0.717, 1.165) is 23.0 Å². The van der Waals surface area contributed by atoms with Crippen molar-refractivity contribution < 1.29 is 27.4 Å². The van der Waals surface area contributed by atoms with Gasteiger partial charge >= 0.3 is 12.1 Å². The molecule has 45 heavy (non-hydrogen) atoms. The standard InChI is InChI=1S/C31H19ClF3I2N3O4S/c1-2-43-29(42)24-25(16-7-9-20(32)10-8-16)40-28(41)23(45-30(40)39-27(24)31(33,34)35)12-19-11-21(36)13-22(37)26(19)44-15-18-6-4-3-5-17(18)14-38/h3-13,25H,2,15H2,1H3/b23-12-/t25-/m0/s1. The lowest BCUT2D eigenvalue weighted by Gasteiger charge is -2.26. The summed E-state index contributed by atoms with van der Waals surface area (Å²) < 4.78 is 57.1. The van der Waals surface area contributed by atoms with Crippen molar-refractivity contribution in [2.75, 3.05) is 6.61 Å². The normalized spacial score (nSPS) is 14.9. The molecule has 1 aliphatic rings. The van der Waals surface area contributed by atoms with Gasteiger partial charge in [-0.2, -0.15) is 18.4 Å². The monoisotopic (exact) mass is 875 g/mol. The number of halogens is 6. The van der Waals surface area contributed by atoms with Crippen LogP contribution in [0.5, 0.6) is 5.75 Å². The highest BCUT2D eigenvalue weighted by Crippen LogP contribution is 2.38. The zero-order valence-electron chi connectivity index (χ0n) is 23.0. The largest absolute Gasteiger partial charge is 0.487 e. The summed E-state index contributed by atoms with van der Waals surface area (Å²) in [5, 5.41) is 9.79. The van der Waals surface area contributed by atoms with E-state index < -0.39 is 35.0 Å². The first-order valence-corrected chi connectivity index (χ1v) is 16.4. The Morgan fingerprint density at radius 1 is 1.18 bits per heavy atom. The molecule has 0 spiro atoms. The maximum absolute atomic E-state index is 14.4. The van der Waals surface area contributed by atoms with Crippen LogP contribution in [-0.2, 0) is 16.1 Å². The number of hydrogen-bond donors (Lipinski definition) is 0. The smallest absolute Gasteiger partial charge is 0.434 e. The lowest BCUT2D eigenvalue weighted by atomic mass is 9.95. The lowest BCUT2D eigenvalue weighted by Crippen LogP contribution is -2.41. The van der Waals surface area contributed by atoms with E-state index in [2.05, 4.69) is 56.2 Å². The molecule has 0 saturated heterocycles. The first-order valence-electron chi connectivity index (χ1n) is 13.1. The van der Waals surface area contributed by atoms with Crippen molar-refractivity contribution in [3.63, 3.8) is 0 Å². The molecule has 0 unspecified atom stereocenters. The van der Waals surface area contributed by atoms with E-state index in [9.17, 15) is 28.0 Å². The highest BCUT2D eigenvalue weighted by Gasteiger charge is 2.45. The molecule has 5 rings (SSSR count). The molecule has 1 aromatic heterocycles. The van der Waals surface area contributed by atoms with Gasteiger partial charge in [0.1, 0.15) is 12.4 Å². The molecular weight excluding hydrogens is 857 g/mol. The Balaban J connectivity index is 1.72. The van der Waals surface area contributed by atoms with Crippen molar-refractivity contribution in [2.24, 2.45) is 4.99 Å². The van der Waals surface area contributed by atoms with Crippen LogP contribution in [0.15, 0.2) is 81.7 Å². The quantitative estimate of drug-likeness (QED) is 0.153. The summed E-state index contributed by atoms with van der Waals surface area (Å²) in [6.07, 6.45) is -3.49. The molecule has 0 aliphatic carbocycles. The van der Waals surface area contributed by atoms with E-state index >= 15 is 0 Å². The Morgan fingerprint density at radius 2 is 1.89 bits per heavy atom. The number of esters is 1. The molecule has 0 fully saturated rings. The number of fused-ring (bicyclic) bond motifs is 1. The Hall–Kier alpha value is -3.20. The van der Waals surface area contributed by atoms with Gasteiger partial charge in [0.25, 0.3) is 5.56 Å². The summed E-state index contributed by atoms with van der Waals surface area (Å²) in [5.74, 6) is -0.810. The average Bonchev–Trinajstić information content (AvgIpc) is 3.30. The van der Waals surface area contributed by atoms with Crippen LogP contribution in [0.25, 0.3) is 6.08 Å². The number of carbonyl (C=O) groups excluding carboxylic acids is 1. The zero-order chi connectivity index (χ0) is 32.5. The second-order valence-electron chi connectivity index (χ2n) is 9.48. The number of allylic oxidation sites excluding steroid dienone is 1. The first kappa shape index (κ1) is 33.2. The lowest BCUT2D eigenvalue weighted by molar-refractivity contribution is -0.140. The van der Waals surface area contributed by atoms with Crippen LogP contribution in [-0.4, -0.2) is 23.3 Å². The third-order valence-corrected chi connectivity index (χ3v) is 9.27. The van der Waals surface area contributed by atoms with Gasteiger partial charge in [0.05, 0.1) is 38.0 Å². The highest BCUT2D eigenvalue weighted by atomic mass is 127. The minimum absolute atomic E-state index is 0.0663. The maximum atomic E-state index is 14.4. The zero-order valence-corrected chi connectivity index (χ0v) is 28.9. The van der Waals surface area contributed by atoms with Crippen molar-refractivity contribution in [1.82, 2.24) is 4.57 Å². The number of aromatic nitrogens is 1. The Morgan fingerprint density at radius 3 is 2.56 bits per heavy atom. The first-order chi connectivity index (χ1) is 21.4. The summed E-state index contributed by atoms with van der Waals surface area (Å²) in [7, 11) is 0. The Bertz CT molecular complexity index is 2070. The molecule has 1 atom stereocenters. The molecular formula is C31H19ClF3I2N3O4S. The molecule has 0 radical (unpaired) electrons. The maximum Gasteiger partial charge on any atom is 0.434 e. The number of thiazole rings is 1. The molecule has 4 aromatic rings. The summed E-state index contributed by atoms with van der Waals surface area (Å²) in [6.45, 7) is 1.36. The van der Waals surface area contributed by atoms with Gasteiger partial charge in [-0.3, -0.25) is 9.36 Å². The van der Waals surface area contributed by atoms with E-state index in [4.69, 9.17) is 21.1 Å². The number of carbonyl (C=O) groups is 1. The molecule has 2 heterocycles. The fourth-order valence-electron chi connectivity index (χ4n) is 4.69. The Kier molecular flexibility index (Phi) is 10.1.